The minimum absolute atomic E-state index is 0.0673. The number of carboxylic acids is 1. The fraction of sp³-hybridized carbons (Fsp3) is 0.100. The van der Waals surface area contributed by atoms with Crippen molar-refractivity contribution in [2.75, 3.05) is 0 Å². The van der Waals surface area contributed by atoms with Crippen LogP contribution in [0.5, 0.6) is 0 Å². The summed E-state index contributed by atoms with van der Waals surface area (Å²) in [5.41, 5.74) is 1.50. The number of carboxylic acid groups (broad SMARTS) is 1. The predicted octanol–water partition coefficient (Wildman–Crippen LogP) is 2.59. The number of carbonyl (C=O) groups is 1. The molecule has 0 unspecified atom stereocenters. The smallest absolute Gasteiger partial charge is 0.309 e. The van der Waals surface area contributed by atoms with Gasteiger partial charge in [-0.15, -0.1) is 11.3 Å². The average Bonchev–Trinajstić information content (AvgIpc) is 2.61. The summed E-state index contributed by atoms with van der Waals surface area (Å²) < 4.78 is 0.765. The third-order valence-electron chi connectivity index (χ3n) is 1.90. The summed E-state index contributed by atoms with van der Waals surface area (Å²) in [6.45, 7) is 0. The van der Waals surface area contributed by atoms with Crippen LogP contribution in [-0.2, 0) is 11.2 Å². The Kier molecular flexibility index (Phi) is 3.31. The van der Waals surface area contributed by atoms with Crippen LogP contribution in [0.15, 0.2) is 28.3 Å². The number of aliphatic carboxylic acids is 1. The lowest BCUT2D eigenvalue weighted by Gasteiger charge is -1.92. The quantitative estimate of drug-likeness (QED) is 0.946. The van der Waals surface area contributed by atoms with Crippen LogP contribution in [0.4, 0.5) is 0 Å². The topological polar surface area (TPSA) is 63.1 Å². The van der Waals surface area contributed by atoms with Gasteiger partial charge in [-0.05, 0) is 28.1 Å². The maximum absolute atomic E-state index is 10.6. The van der Waals surface area contributed by atoms with Crippen molar-refractivity contribution in [2.45, 2.75) is 6.42 Å². The van der Waals surface area contributed by atoms with Crippen molar-refractivity contribution in [3.63, 3.8) is 0 Å². The number of hydrogen-bond donors (Lipinski definition) is 1. The Balaban J connectivity index is 2.34. The summed E-state index contributed by atoms with van der Waals surface area (Å²) in [6.07, 6.45) is 3.30. The molecule has 0 spiro atoms. The Labute approximate surface area is 104 Å². The molecule has 0 aliphatic rings. The van der Waals surface area contributed by atoms with Gasteiger partial charge in [0.05, 0.1) is 15.9 Å². The van der Waals surface area contributed by atoms with Crippen molar-refractivity contribution in [1.82, 2.24) is 9.97 Å². The van der Waals surface area contributed by atoms with Crippen LogP contribution < -0.4 is 0 Å². The number of aromatic nitrogens is 2. The van der Waals surface area contributed by atoms with Gasteiger partial charge in [0, 0.05) is 18.0 Å². The molecule has 0 aliphatic heterocycles. The SMILES string of the molecule is O=C(O)Cc1nc(-c2ccncc2)sc1Br. The Hall–Kier alpha value is -1.27. The summed E-state index contributed by atoms with van der Waals surface area (Å²) in [7, 11) is 0. The van der Waals surface area contributed by atoms with E-state index in [1.54, 1.807) is 12.4 Å². The van der Waals surface area contributed by atoms with Crippen LogP contribution >= 0.6 is 27.3 Å². The minimum atomic E-state index is -0.882. The second kappa shape index (κ2) is 4.71. The van der Waals surface area contributed by atoms with Gasteiger partial charge in [-0.2, -0.15) is 0 Å². The number of pyridine rings is 1. The van der Waals surface area contributed by atoms with E-state index in [2.05, 4.69) is 25.9 Å². The lowest BCUT2D eigenvalue weighted by molar-refractivity contribution is -0.136. The molecule has 0 aliphatic carbocycles. The summed E-state index contributed by atoms with van der Waals surface area (Å²) in [5.74, 6) is -0.882. The van der Waals surface area contributed by atoms with Crippen LogP contribution in [0.25, 0.3) is 10.6 Å². The van der Waals surface area contributed by atoms with Crippen LogP contribution in [0.1, 0.15) is 5.69 Å². The van der Waals surface area contributed by atoms with Gasteiger partial charge in [0.25, 0.3) is 0 Å². The van der Waals surface area contributed by atoms with E-state index in [1.165, 1.54) is 11.3 Å². The third kappa shape index (κ3) is 2.45. The normalized spacial score (nSPS) is 10.3. The Bertz CT molecular complexity index is 513. The number of rotatable bonds is 3. The summed E-state index contributed by atoms with van der Waals surface area (Å²) in [4.78, 5) is 18.8. The standard InChI is InChI=1S/C10H7BrN2O2S/c11-9-7(5-8(14)15)13-10(16-9)6-1-3-12-4-2-6/h1-4H,5H2,(H,14,15). The Morgan fingerprint density at radius 2 is 2.12 bits per heavy atom. The molecule has 0 atom stereocenters. The van der Waals surface area contributed by atoms with E-state index in [-0.39, 0.29) is 6.42 Å². The molecular weight excluding hydrogens is 292 g/mol. The molecule has 0 amide bonds. The number of hydrogen-bond acceptors (Lipinski definition) is 4. The van der Waals surface area contributed by atoms with Gasteiger partial charge in [-0.25, -0.2) is 4.98 Å². The van der Waals surface area contributed by atoms with Crippen LogP contribution in [-0.4, -0.2) is 21.0 Å². The highest BCUT2D eigenvalue weighted by Gasteiger charge is 2.12. The van der Waals surface area contributed by atoms with Crippen molar-refractivity contribution in [3.05, 3.63) is 34.0 Å². The molecular formula is C10H7BrN2O2S. The van der Waals surface area contributed by atoms with Gasteiger partial charge in [0.15, 0.2) is 0 Å². The van der Waals surface area contributed by atoms with Crippen molar-refractivity contribution in [3.8, 4) is 10.6 Å². The second-order valence-corrected chi connectivity index (χ2v) is 5.36. The third-order valence-corrected chi connectivity index (χ3v) is 3.77. The van der Waals surface area contributed by atoms with E-state index in [9.17, 15) is 4.79 Å². The molecule has 1 N–H and O–H groups in total. The molecule has 82 valence electrons. The molecule has 2 aromatic heterocycles. The first kappa shape index (κ1) is 11.2. The minimum Gasteiger partial charge on any atom is -0.481 e. The molecule has 2 rings (SSSR count). The van der Waals surface area contributed by atoms with Gasteiger partial charge in [0.1, 0.15) is 5.01 Å². The maximum atomic E-state index is 10.6. The monoisotopic (exact) mass is 298 g/mol. The summed E-state index contributed by atoms with van der Waals surface area (Å²) in [5, 5.41) is 9.50. The van der Waals surface area contributed by atoms with Crippen molar-refractivity contribution < 1.29 is 9.90 Å². The average molecular weight is 299 g/mol. The van der Waals surface area contributed by atoms with Crippen molar-refractivity contribution in [2.24, 2.45) is 0 Å². The first-order valence-corrected chi connectivity index (χ1v) is 6.05. The largest absolute Gasteiger partial charge is 0.481 e. The molecule has 6 heteroatoms. The van der Waals surface area contributed by atoms with E-state index in [0.29, 0.717) is 5.69 Å². The Morgan fingerprint density at radius 3 is 2.75 bits per heavy atom. The van der Waals surface area contributed by atoms with Gasteiger partial charge in [0.2, 0.25) is 0 Å². The molecule has 0 saturated heterocycles. The molecule has 0 fully saturated rings. The molecule has 2 heterocycles. The summed E-state index contributed by atoms with van der Waals surface area (Å²) in [6, 6.07) is 3.69. The Morgan fingerprint density at radius 1 is 1.44 bits per heavy atom. The molecule has 0 radical (unpaired) electrons. The van der Waals surface area contributed by atoms with Crippen LogP contribution in [0, 0.1) is 0 Å². The molecule has 0 saturated carbocycles. The molecule has 0 bridgehead atoms. The number of nitrogens with zero attached hydrogens (tertiary/aromatic N) is 2. The number of thiazole rings is 1. The molecule has 2 aromatic rings. The highest BCUT2D eigenvalue weighted by Crippen LogP contribution is 2.31. The van der Waals surface area contributed by atoms with Crippen LogP contribution in [0.2, 0.25) is 0 Å². The van der Waals surface area contributed by atoms with E-state index in [0.717, 1.165) is 14.4 Å². The zero-order chi connectivity index (χ0) is 11.5. The van der Waals surface area contributed by atoms with E-state index >= 15 is 0 Å². The fourth-order valence-corrected chi connectivity index (χ4v) is 2.71. The first-order valence-electron chi connectivity index (χ1n) is 4.44. The van der Waals surface area contributed by atoms with Crippen molar-refractivity contribution >= 4 is 33.2 Å². The van der Waals surface area contributed by atoms with Gasteiger partial charge < -0.3 is 5.11 Å². The number of halogens is 1. The molecule has 16 heavy (non-hydrogen) atoms. The van der Waals surface area contributed by atoms with E-state index < -0.39 is 5.97 Å². The zero-order valence-corrected chi connectivity index (χ0v) is 10.5. The highest BCUT2D eigenvalue weighted by atomic mass is 79.9. The van der Waals surface area contributed by atoms with Gasteiger partial charge >= 0.3 is 5.97 Å². The lowest BCUT2D eigenvalue weighted by atomic mass is 10.3. The second-order valence-electron chi connectivity index (χ2n) is 3.05. The van der Waals surface area contributed by atoms with E-state index in [1.807, 2.05) is 12.1 Å². The van der Waals surface area contributed by atoms with Gasteiger partial charge in [-0.3, -0.25) is 9.78 Å². The maximum Gasteiger partial charge on any atom is 0.309 e. The molecule has 4 nitrogen and oxygen atoms in total. The van der Waals surface area contributed by atoms with Crippen LogP contribution in [0.3, 0.4) is 0 Å². The predicted molar refractivity (Wildman–Crippen MR) is 64.4 cm³/mol. The van der Waals surface area contributed by atoms with E-state index in [4.69, 9.17) is 5.11 Å². The molecule has 0 aromatic carbocycles. The van der Waals surface area contributed by atoms with Gasteiger partial charge in [-0.1, -0.05) is 0 Å². The zero-order valence-electron chi connectivity index (χ0n) is 8.05. The lowest BCUT2D eigenvalue weighted by Crippen LogP contribution is -2.00. The highest BCUT2D eigenvalue weighted by molar-refractivity contribution is 9.11. The van der Waals surface area contributed by atoms with Crippen molar-refractivity contribution in [1.29, 1.82) is 0 Å². The first-order chi connectivity index (χ1) is 7.66. The fourth-order valence-electron chi connectivity index (χ4n) is 1.20. The summed E-state index contributed by atoms with van der Waals surface area (Å²) >= 11 is 4.74.